The number of aryl methyl sites for hydroxylation is 1. The Morgan fingerprint density at radius 2 is 2.03 bits per heavy atom. The third kappa shape index (κ3) is 3.93. The third-order valence-corrected chi connectivity index (χ3v) is 6.20. The van der Waals surface area contributed by atoms with Gasteiger partial charge in [-0.05, 0) is 48.7 Å². The van der Waals surface area contributed by atoms with Crippen LogP contribution in [0.3, 0.4) is 0 Å². The van der Waals surface area contributed by atoms with Gasteiger partial charge >= 0.3 is 0 Å². The molecule has 166 valence electrons. The second-order valence-corrected chi connectivity index (χ2v) is 8.46. The zero-order chi connectivity index (χ0) is 22.8. The minimum absolute atomic E-state index is 0.114. The normalized spacial score (nSPS) is 15.3. The number of carbonyl (C=O) groups is 1. The van der Waals surface area contributed by atoms with Crippen molar-refractivity contribution in [1.29, 1.82) is 0 Å². The average Bonchev–Trinajstić information content (AvgIpc) is 3.06. The molecule has 1 atom stereocenters. The van der Waals surface area contributed by atoms with Crippen molar-refractivity contribution in [3.8, 4) is 5.75 Å². The Morgan fingerprint density at radius 1 is 1.22 bits per heavy atom. The fraction of sp³-hybridized carbons (Fsp3) is 0.308. The standard InChI is InChI=1S/C26H26ClNO4/c1-4-6-7-11-28-23(17-9-8-10-18(14-17)31-12-5-2)22-24(29)19-15-20(27)16(3)13-21(19)32-25(22)26(28)30/h5,8-10,13-15,23H,2,4,6-7,11-12H2,1,3H3. The summed E-state index contributed by atoms with van der Waals surface area (Å²) in [5.41, 5.74) is 2.11. The van der Waals surface area contributed by atoms with E-state index in [2.05, 4.69) is 13.5 Å². The number of nitrogens with zero attached hydrogens (tertiary/aromatic N) is 1. The van der Waals surface area contributed by atoms with Gasteiger partial charge in [-0.15, -0.1) is 0 Å². The lowest BCUT2D eigenvalue weighted by atomic mass is 9.98. The molecule has 1 amide bonds. The first-order valence-corrected chi connectivity index (χ1v) is 11.3. The highest BCUT2D eigenvalue weighted by atomic mass is 35.5. The van der Waals surface area contributed by atoms with E-state index >= 15 is 0 Å². The fourth-order valence-electron chi connectivity index (χ4n) is 4.18. The van der Waals surface area contributed by atoms with E-state index in [1.54, 1.807) is 23.1 Å². The van der Waals surface area contributed by atoms with Crippen LogP contribution in [0, 0.1) is 6.92 Å². The van der Waals surface area contributed by atoms with Crippen LogP contribution in [0.25, 0.3) is 11.0 Å². The van der Waals surface area contributed by atoms with Crippen LogP contribution in [0.4, 0.5) is 0 Å². The van der Waals surface area contributed by atoms with E-state index in [0.29, 0.717) is 40.5 Å². The second-order valence-electron chi connectivity index (χ2n) is 8.05. The first-order valence-electron chi connectivity index (χ1n) is 10.9. The smallest absolute Gasteiger partial charge is 0.290 e. The Morgan fingerprint density at radius 3 is 2.78 bits per heavy atom. The Bertz CT molecular complexity index is 1250. The predicted octanol–water partition coefficient (Wildman–Crippen LogP) is 6.06. The van der Waals surface area contributed by atoms with Gasteiger partial charge in [-0.25, -0.2) is 0 Å². The van der Waals surface area contributed by atoms with Crippen LogP contribution < -0.4 is 10.2 Å². The van der Waals surface area contributed by atoms with E-state index in [1.807, 2.05) is 31.2 Å². The molecule has 4 rings (SSSR count). The molecule has 2 heterocycles. The minimum atomic E-state index is -0.539. The molecule has 0 fully saturated rings. The van der Waals surface area contributed by atoms with Crippen molar-refractivity contribution in [2.24, 2.45) is 0 Å². The largest absolute Gasteiger partial charge is 0.490 e. The molecule has 1 aromatic heterocycles. The maximum absolute atomic E-state index is 13.6. The number of ether oxygens (including phenoxy) is 1. The average molecular weight is 452 g/mol. The highest BCUT2D eigenvalue weighted by molar-refractivity contribution is 6.32. The lowest BCUT2D eigenvalue weighted by molar-refractivity contribution is 0.0724. The number of rotatable bonds is 8. The molecule has 0 saturated carbocycles. The summed E-state index contributed by atoms with van der Waals surface area (Å²) in [7, 11) is 0. The molecule has 1 unspecified atom stereocenters. The maximum atomic E-state index is 13.6. The van der Waals surface area contributed by atoms with E-state index in [9.17, 15) is 9.59 Å². The lowest BCUT2D eigenvalue weighted by Gasteiger charge is -2.25. The van der Waals surface area contributed by atoms with Gasteiger partial charge in [0.2, 0.25) is 5.76 Å². The zero-order valence-corrected chi connectivity index (χ0v) is 19.1. The Labute approximate surface area is 192 Å². The Hall–Kier alpha value is -3.05. The van der Waals surface area contributed by atoms with Gasteiger partial charge in [0.25, 0.3) is 5.91 Å². The summed E-state index contributed by atoms with van der Waals surface area (Å²) < 4.78 is 11.7. The van der Waals surface area contributed by atoms with Crippen LogP contribution in [-0.2, 0) is 0 Å². The van der Waals surface area contributed by atoms with E-state index in [4.69, 9.17) is 20.8 Å². The zero-order valence-electron chi connectivity index (χ0n) is 18.3. The molecule has 2 aromatic carbocycles. The molecule has 5 nitrogen and oxygen atoms in total. The molecule has 0 aliphatic carbocycles. The summed E-state index contributed by atoms with van der Waals surface area (Å²) in [6.07, 6.45) is 4.54. The molecule has 6 heteroatoms. The summed E-state index contributed by atoms with van der Waals surface area (Å²) in [6.45, 7) is 8.54. The molecule has 0 spiro atoms. The molecular formula is C26H26ClNO4. The van der Waals surface area contributed by atoms with Crippen LogP contribution >= 0.6 is 11.6 Å². The van der Waals surface area contributed by atoms with Crippen molar-refractivity contribution >= 4 is 28.5 Å². The van der Waals surface area contributed by atoms with Crippen LogP contribution in [0.15, 0.2) is 58.3 Å². The van der Waals surface area contributed by atoms with Crippen molar-refractivity contribution < 1.29 is 13.9 Å². The topological polar surface area (TPSA) is 59.8 Å². The number of unbranched alkanes of at least 4 members (excludes halogenated alkanes) is 2. The summed E-state index contributed by atoms with van der Waals surface area (Å²) in [5.74, 6) is 0.508. The molecule has 0 N–H and O–H groups in total. The van der Waals surface area contributed by atoms with E-state index in [0.717, 1.165) is 30.4 Å². The number of halogens is 1. The van der Waals surface area contributed by atoms with Crippen molar-refractivity contribution in [2.75, 3.05) is 13.2 Å². The number of benzene rings is 2. The first-order chi connectivity index (χ1) is 15.5. The highest BCUT2D eigenvalue weighted by Crippen LogP contribution is 2.39. The third-order valence-electron chi connectivity index (χ3n) is 5.79. The van der Waals surface area contributed by atoms with Crippen molar-refractivity contribution in [2.45, 2.75) is 39.2 Å². The summed E-state index contributed by atoms with van der Waals surface area (Å²) in [5, 5.41) is 0.872. The predicted molar refractivity (Wildman–Crippen MR) is 127 cm³/mol. The number of carbonyl (C=O) groups excluding carboxylic acids is 1. The van der Waals surface area contributed by atoms with Gasteiger partial charge in [0.05, 0.1) is 17.0 Å². The van der Waals surface area contributed by atoms with Gasteiger partial charge < -0.3 is 14.1 Å². The Balaban J connectivity index is 1.89. The summed E-state index contributed by atoms with van der Waals surface area (Å²) in [6, 6.07) is 10.3. The summed E-state index contributed by atoms with van der Waals surface area (Å²) >= 11 is 6.29. The van der Waals surface area contributed by atoms with Gasteiger partial charge in [0.1, 0.15) is 17.9 Å². The number of hydrogen-bond donors (Lipinski definition) is 0. The second kappa shape index (κ2) is 9.21. The number of amides is 1. The molecule has 1 aliphatic heterocycles. The van der Waals surface area contributed by atoms with Crippen molar-refractivity contribution in [1.82, 2.24) is 4.90 Å². The molecular weight excluding hydrogens is 426 g/mol. The van der Waals surface area contributed by atoms with Crippen molar-refractivity contribution in [3.05, 3.63) is 86.7 Å². The lowest BCUT2D eigenvalue weighted by Crippen LogP contribution is -2.30. The molecule has 32 heavy (non-hydrogen) atoms. The molecule has 1 aliphatic rings. The van der Waals surface area contributed by atoms with Crippen LogP contribution in [0.2, 0.25) is 5.02 Å². The number of fused-ring (bicyclic) bond motifs is 2. The van der Waals surface area contributed by atoms with Gasteiger partial charge in [0, 0.05) is 11.6 Å². The summed E-state index contributed by atoms with van der Waals surface area (Å²) in [4.78, 5) is 28.7. The molecule has 0 radical (unpaired) electrons. The monoisotopic (exact) mass is 451 g/mol. The van der Waals surface area contributed by atoms with E-state index in [-0.39, 0.29) is 17.1 Å². The van der Waals surface area contributed by atoms with Crippen LogP contribution in [0.1, 0.15) is 59.5 Å². The maximum Gasteiger partial charge on any atom is 0.290 e. The molecule has 3 aromatic rings. The van der Waals surface area contributed by atoms with Crippen LogP contribution in [-0.4, -0.2) is 24.0 Å². The van der Waals surface area contributed by atoms with Gasteiger partial charge in [0.15, 0.2) is 5.43 Å². The van der Waals surface area contributed by atoms with E-state index < -0.39 is 6.04 Å². The van der Waals surface area contributed by atoms with Gasteiger partial charge in [-0.1, -0.05) is 56.2 Å². The molecule has 0 bridgehead atoms. The van der Waals surface area contributed by atoms with Gasteiger partial charge in [-0.3, -0.25) is 9.59 Å². The number of hydrogen-bond acceptors (Lipinski definition) is 4. The fourth-order valence-corrected chi connectivity index (χ4v) is 4.34. The van der Waals surface area contributed by atoms with Crippen LogP contribution in [0.5, 0.6) is 5.75 Å². The SMILES string of the molecule is C=CCOc1cccc(C2c3c(oc4cc(C)c(Cl)cc4c3=O)C(=O)N2CCCCC)c1. The van der Waals surface area contributed by atoms with Crippen molar-refractivity contribution in [3.63, 3.8) is 0 Å². The van der Waals surface area contributed by atoms with E-state index in [1.165, 1.54) is 0 Å². The molecule has 0 saturated heterocycles. The first kappa shape index (κ1) is 22.2. The highest BCUT2D eigenvalue weighted by Gasteiger charge is 2.42. The minimum Gasteiger partial charge on any atom is -0.490 e. The quantitative estimate of drug-likeness (QED) is 0.308. The van der Waals surface area contributed by atoms with Gasteiger partial charge in [-0.2, -0.15) is 0 Å². The Kier molecular flexibility index (Phi) is 6.38.